The summed E-state index contributed by atoms with van der Waals surface area (Å²) in [6, 6.07) is 13.6. The molecule has 9 heteroatoms. The smallest absolute Gasteiger partial charge is 0.293 e. The van der Waals surface area contributed by atoms with Gasteiger partial charge in [-0.25, -0.2) is 4.39 Å². The fourth-order valence-corrected chi connectivity index (χ4v) is 3.99. The molecule has 168 valence electrons. The Morgan fingerprint density at radius 3 is 2.59 bits per heavy atom. The van der Waals surface area contributed by atoms with Crippen LogP contribution >= 0.6 is 11.8 Å². The molecule has 7 nitrogen and oxygen atoms in total. The number of hydrogen-bond donors (Lipinski definition) is 1. The summed E-state index contributed by atoms with van der Waals surface area (Å²) in [5, 5.41) is 2.28. The van der Waals surface area contributed by atoms with Crippen LogP contribution in [-0.4, -0.2) is 60.6 Å². The summed E-state index contributed by atoms with van der Waals surface area (Å²) in [7, 11) is 3.43. The van der Waals surface area contributed by atoms with Crippen LogP contribution in [0.2, 0.25) is 0 Å². The van der Waals surface area contributed by atoms with E-state index in [2.05, 4.69) is 5.32 Å². The lowest BCUT2D eigenvalue weighted by Crippen LogP contribution is -2.40. The van der Waals surface area contributed by atoms with Crippen LogP contribution < -0.4 is 10.1 Å². The Kier molecular flexibility index (Phi) is 8.02. The van der Waals surface area contributed by atoms with Crippen molar-refractivity contribution in [2.24, 2.45) is 0 Å². The van der Waals surface area contributed by atoms with E-state index in [0.29, 0.717) is 6.54 Å². The summed E-state index contributed by atoms with van der Waals surface area (Å²) >= 11 is 0.761. The minimum atomic E-state index is -0.492. The van der Waals surface area contributed by atoms with Gasteiger partial charge < -0.3 is 10.1 Å². The van der Waals surface area contributed by atoms with E-state index in [1.807, 2.05) is 36.2 Å². The number of halogens is 1. The van der Waals surface area contributed by atoms with Gasteiger partial charge in [-0.2, -0.15) is 0 Å². The normalized spacial score (nSPS) is 15.0. The van der Waals surface area contributed by atoms with Crippen LogP contribution in [0.15, 0.2) is 53.4 Å². The zero-order valence-electron chi connectivity index (χ0n) is 17.8. The van der Waals surface area contributed by atoms with Gasteiger partial charge in [0.05, 0.1) is 18.6 Å². The Morgan fingerprint density at radius 1 is 1.19 bits per heavy atom. The standard InChI is InChI=1S/C23H24FN3O4S/c1-26(14-16-7-9-18(31-2)10-8-16)15-21(28)25-11-12-27-22(29)20(32-23(27)30)13-17-5-3-4-6-19(17)24/h3-10,13H,11-12,14-15H2,1-2H3,(H,25,28). The van der Waals surface area contributed by atoms with E-state index < -0.39 is 17.0 Å². The van der Waals surface area contributed by atoms with Crippen molar-refractivity contribution in [1.82, 2.24) is 15.1 Å². The van der Waals surface area contributed by atoms with Crippen LogP contribution in [0.1, 0.15) is 11.1 Å². The average Bonchev–Trinajstić information content (AvgIpc) is 3.03. The van der Waals surface area contributed by atoms with Crippen molar-refractivity contribution in [3.05, 3.63) is 70.4 Å². The van der Waals surface area contributed by atoms with E-state index in [-0.39, 0.29) is 36.0 Å². The first-order chi connectivity index (χ1) is 15.4. The Hall–Kier alpha value is -3.17. The van der Waals surface area contributed by atoms with E-state index in [1.165, 1.54) is 18.2 Å². The van der Waals surface area contributed by atoms with Crippen molar-refractivity contribution in [3.63, 3.8) is 0 Å². The van der Waals surface area contributed by atoms with E-state index in [4.69, 9.17) is 4.74 Å². The molecule has 2 aromatic carbocycles. The third-order valence-electron chi connectivity index (χ3n) is 4.75. The second kappa shape index (κ2) is 10.9. The van der Waals surface area contributed by atoms with Gasteiger partial charge in [-0.1, -0.05) is 30.3 Å². The number of benzene rings is 2. The third kappa shape index (κ3) is 6.18. The summed E-state index contributed by atoms with van der Waals surface area (Å²) in [5.41, 5.74) is 1.28. The number of ether oxygens (including phenoxy) is 1. The van der Waals surface area contributed by atoms with Crippen LogP contribution in [0.4, 0.5) is 9.18 Å². The molecule has 0 saturated carbocycles. The highest BCUT2D eigenvalue weighted by atomic mass is 32.2. The highest BCUT2D eigenvalue weighted by Crippen LogP contribution is 2.32. The van der Waals surface area contributed by atoms with Gasteiger partial charge in [0.15, 0.2) is 0 Å². The molecular weight excluding hydrogens is 433 g/mol. The second-order valence-electron chi connectivity index (χ2n) is 7.23. The lowest BCUT2D eigenvalue weighted by atomic mass is 10.2. The predicted molar refractivity (Wildman–Crippen MR) is 121 cm³/mol. The Morgan fingerprint density at radius 2 is 1.91 bits per heavy atom. The maximum atomic E-state index is 13.8. The van der Waals surface area contributed by atoms with Crippen molar-refractivity contribution < 1.29 is 23.5 Å². The zero-order chi connectivity index (χ0) is 23.1. The molecule has 1 saturated heterocycles. The SMILES string of the molecule is COc1ccc(CN(C)CC(=O)NCCN2C(=O)SC(=Cc3ccccc3F)C2=O)cc1. The molecule has 1 aliphatic heterocycles. The number of hydrogen-bond acceptors (Lipinski definition) is 6. The molecule has 3 rings (SSSR count). The van der Waals surface area contributed by atoms with Gasteiger partial charge >= 0.3 is 0 Å². The van der Waals surface area contributed by atoms with Gasteiger partial charge in [-0.15, -0.1) is 0 Å². The lowest BCUT2D eigenvalue weighted by molar-refractivity contribution is -0.124. The summed E-state index contributed by atoms with van der Waals surface area (Å²) in [5.74, 6) is -0.403. The van der Waals surface area contributed by atoms with E-state index in [1.54, 1.807) is 19.2 Å². The van der Waals surface area contributed by atoms with Gasteiger partial charge in [0.2, 0.25) is 5.91 Å². The van der Waals surface area contributed by atoms with E-state index >= 15 is 0 Å². The fourth-order valence-electron chi connectivity index (χ4n) is 3.13. The fraction of sp³-hybridized carbons (Fsp3) is 0.261. The van der Waals surface area contributed by atoms with Gasteiger partial charge in [-0.3, -0.25) is 24.2 Å². The molecule has 1 heterocycles. The zero-order valence-corrected chi connectivity index (χ0v) is 18.7. The number of amides is 3. The lowest BCUT2D eigenvalue weighted by Gasteiger charge is -2.17. The van der Waals surface area contributed by atoms with Gasteiger partial charge in [0.1, 0.15) is 11.6 Å². The molecule has 1 fully saturated rings. The Balaban J connectivity index is 1.46. The first-order valence-corrected chi connectivity index (χ1v) is 10.8. The molecule has 0 radical (unpaired) electrons. The molecule has 0 atom stereocenters. The van der Waals surface area contributed by atoms with E-state index in [9.17, 15) is 18.8 Å². The molecule has 1 aliphatic rings. The molecule has 0 spiro atoms. The number of rotatable bonds is 9. The summed E-state index contributed by atoms with van der Waals surface area (Å²) < 4.78 is 18.9. The number of imide groups is 1. The van der Waals surface area contributed by atoms with Gasteiger partial charge in [-0.05, 0) is 48.6 Å². The minimum Gasteiger partial charge on any atom is -0.497 e. The largest absolute Gasteiger partial charge is 0.497 e. The van der Waals surface area contributed by atoms with Crippen molar-refractivity contribution in [3.8, 4) is 5.75 Å². The number of carbonyl (C=O) groups excluding carboxylic acids is 3. The van der Waals surface area contributed by atoms with Crippen molar-refractivity contribution in [2.75, 3.05) is 33.8 Å². The topological polar surface area (TPSA) is 79.0 Å². The van der Waals surface area contributed by atoms with Crippen LogP contribution in [0.5, 0.6) is 5.75 Å². The maximum Gasteiger partial charge on any atom is 0.293 e. The monoisotopic (exact) mass is 457 g/mol. The first-order valence-electron chi connectivity index (χ1n) is 9.95. The summed E-state index contributed by atoms with van der Waals surface area (Å²) in [4.78, 5) is 39.9. The van der Waals surface area contributed by atoms with Gasteiger partial charge in [0.25, 0.3) is 11.1 Å². The van der Waals surface area contributed by atoms with Gasteiger partial charge in [0, 0.05) is 25.2 Å². The molecular formula is C23H24FN3O4S. The van der Waals surface area contributed by atoms with Crippen molar-refractivity contribution in [1.29, 1.82) is 0 Å². The minimum absolute atomic E-state index is 0.0488. The van der Waals surface area contributed by atoms with Crippen molar-refractivity contribution >= 4 is 34.9 Å². The predicted octanol–water partition coefficient (Wildman–Crippen LogP) is 3.12. The van der Waals surface area contributed by atoms with Crippen LogP contribution in [0.3, 0.4) is 0 Å². The first kappa shape index (κ1) is 23.5. The van der Waals surface area contributed by atoms with Crippen LogP contribution in [0.25, 0.3) is 6.08 Å². The summed E-state index contributed by atoms with van der Waals surface area (Å²) in [6.07, 6.45) is 1.37. The number of thioether (sulfide) groups is 1. The molecule has 0 unspecified atom stereocenters. The maximum absolute atomic E-state index is 13.8. The molecule has 2 aromatic rings. The van der Waals surface area contributed by atoms with Crippen molar-refractivity contribution in [2.45, 2.75) is 6.54 Å². The number of carbonyl (C=O) groups is 3. The number of methoxy groups -OCH3 is 1. The molecule has 0 aliphatic carbocycles. The number of nitrogens with one attached hydrogen (secondary N) is 1. The van der Waals surface area contributed by atoms with E-state index in [0.717, 1.165) is 28.0 Å². The quantitative estimate of drug-likeness (QED) is 0.583. The molecule has 0 bridgehead atoms. The number of nitrogens with zero attached hydrogens (tertiary/aromatic N) is 2. The molecule has 32 heavy (non-hydrogen) atoms. The van der Waals surface area contributed by atoms with Crippen LogP contribution in [0, 0.1) is 5.82 Å². The molecule has 1 N–H and O–H groups in total. The summed E-state index contributed by atoms with van der Waals surface area (Å²) in [6.45, 7) is 0.940. The highest BCUT2D eigenvalue weighted by molar-refractivity contribution is 8.18. The highest BCUT2D eigenvalue weighted by Gasteiger charge is 2.34. The number of likely N-dealkylation sites (N-methyl/N-ethyl adjacent to an activating group) is 1. The second-order valence-corrected chi connectivity index (χ2v) is 8.22. The molecule has 0 aromatic heterocycles. The Bertz CT molecular complexity index is 1030. The third-order valence-corrected chi connectivity index (χ3v) is 5.66. The Labute approximate surface area is 190 Å². The molecule has 3 amide bonds. The average molecular weight is 458 g/mol. The van der Waals surface area contributed by atoms with Crippen LogP contribution in [-0.2, 0) is 16.1 Å².